The Morgan fingerprint density at radius 3 is 2.72 bits per heavy atom. The molecule has 3 rings (SSSR count). The number of esters is 1. The number of rotatable bonds is 4. The van der Waals surface area contributed by atoms with E-state index in [1.165, 1.54) is 7.11 Å². The first-order valence-electron chi connectivity index (χ1n) is 7.78. The largest absolute Gasteiger partial charge is 0.507 e. The van der Waals surface area contributed by atoms with E-state index in [1.807, 2.05) is 31.3 Å². The van der Waals surface area contributed by atoms with Crippen molar-refractivity contribution in [1.29, 1.82) is 0 Å². The summed E-state index contributed by atoms with van der Waals surface area (Å²) in [5, 5.41) is 13.2. The normalized spacial score (nSPS) is 10.5. The summed E-state index contributed by atoms with van der Waals surface area (Å²) in [7, 11) is 3.16. The topological polar surface area (TPSA) is 76.4 Å². The number of nitrogens with one attached hydrogen (secondary N) is 1. The van der Waals surface area contributed by atoms with Gasteiger partial charge in [-0.1, -0.05) is 6.07 Å². The smallest absolute Gasteiger partial charge is 0.337 e. The number of aromatic nitrogens is 2. The highest BCUT2D eigenvalue weighted by Gasteiger charge is 2.13. The second kappa shape index (κ2) is 6.68. The molecule has 0 atom stereocenters. The first kappa shape index (κ1) is 16.6. The van der Waals surface area contributed by atoms with Crippen molar-refractivity contribution in [2.24, 2.45) is 0 Å². The number of anilines is 1. The molecule has 0 aliphatic carbocycles. The van der Waals surface area contributed by atoms with Crippen LogP contribution in [0.2, 0.25) is 0 Å². The molecule has 0 bridgehead atoms. The SMILES string of the molecule is CNc1ccc(C(=O)OC)cc1-n1cnc(-c2ccc(C)cc2O)c1. The van der Waals surface area contributed by atoms with Crippen LogP contribution in [0.1, 0.15) is 15.9 Å². The first-order chi connectivity index (χ1) is 12.0. The van der Waals surface area contributed by atoms with Crippen LogP contribution in [0.5, 0.6) is 5.75 Å². The summed E-state index contributed by atoms with van der Waals surface area (Å²) in [6, 6.07) is 10.7. The van der Waals surface area contributed by atoms with Crippen LogP contribution >= 0.6 is 0 Å². The number of nitrogens with zero attached hydrogens (tertiary/aromatic N) is 2. The van der Waals surface area contributed by atoms with E-state index in [-0.39, 0.29) is 5.75 Å². The maximum Gasteiger partial charge on any atom is 0.337 e. The average molecular weight is 337 g/mol. The molecule has 0 unspecified atom stereocenters. The first-order valence-corrected chi connectivity index (χ1v) is 7.78. The van der Waals surface area contributed by atoms with Gasteiger partial charge in [-0.2, -0.15) is 0 Å². The number of carbonyl (C=O) groups is 1. The molecule has 25 heavy (non-hydrogen) atoms. The van der Waals surface area contributed by atoms with Crippen LogP contribution < -0.4 is 5.32 Å². The molecule has 6 nitrogen and oxygen atoms in total. The van der Waals surface area contributed by atoms with Crippen LogP contribution in [0.4, 0.5) is 5.69 Å². The Labute approximate surface area is 145 Å². The predicted molar refractivity (Wildman–Crippen MR) is 96.3 cm³/mol. The highest BCUT2D eigenvalue weighted by Crippen LogP contribution is 2.30. The molecule has 2 aromatic carbocycles. The van der Waals surface area contributed by atoms with Gasteiger partial charge in [0.2, 0.25) is 0 Å². The van der Waals surface area contributed by atoms with Crippen LogP contribution in [-0.4, -0.2) is 34.8 Å². The van der Waals surface area contributed by atoms with E-state index in [2.05, 4.69) is 10.3 Å². The number of hydrogen-bond acceptors (Lipinski definition) is 5. The summed E-state index contributed by atoms with van der Waals surface area (Å²) >= 11 is 0. The third-order valence-electron chi connectivity index (χ3n) is 3.98. The lowest BCUT2D eigenvalue weighted by atomic mass is 10.1. The van der Waals surface area contributed by atoms with E-state index >= 15 is 0 Å². The molecular weight excluding hydrogens is 318 g/mol. The zero-order chi connectivity index (χ0) is 18.0. The Morgan fingerprint density at radius 1 is 1.24 bits per heavy atom. The van der Waals surface area contributed by atoms with E-state index in [4.69, 9.17) is 4.74 Å². The summed E-state index contributed by atoms with van der Waals surface area (Å²) < 4.78 is 6.58. The van der Waals surface area contributed by atoms with Crippen molar-refractivity contribution in [3.05, 3.63) is 60.0 Å². The van der Waals surface area contributed by atoms with Crippen LogP contribution in [0.3, 0.4) is 0 Å². The van der Waals surface area contributed by atoms with Gasteiger partial charge < -0.3 is 19.7 Å². The Kier molecular flexibility index (Phi) is 4.43. The van der Waals surface area contributed by atoms with Crippen molar-refractivity contribution >= 4 is 11.7 Å². The fourth-order valence-corrected chi connectivity index (χ4v) is 2.65. The third kappa shape index (κ3) is 3.19. The van der Waals surface area contributed by atoms with Gasteiger partial charge in [-0.05, 0) is 42.8 Å². The molecule has 0 amide bonds. The number of imidazole rings is 1. The van der Waals surface area contributed by atoms with Gasteiger partial charge in [-0.25, -0.2) is 9.78 Å². The quantitative estimate of drug-likeness (QED) is 0.714. The molecule has 0 saturated carbocycles. The summed E-state index contributed by atoms with van der Waals surface area (Å²) in [4.78, 5) is 16.2. The fourth-order valence-electron chi connectivity index (χ4n) is 2.65. The van der Waals surface area contributed by atoms with Gasteiger partial charge >= 0.3 is 5.97 Å². The van der Waals surface area contributed by atoms with E-state index in [0.717, 1.165) is 16.9 Å². The highest BCUT2D eigenvalue weighted by atomic mass is 16.5. The maximum absolute atomic E-state index is 11.8. The molecule has 0 saturated heterocycles. The Hall–Kier alpha value is -3.28. The van der Waals surface area contributed by atoms with E-state index in [9.17, 15) is 9.90 Å². The second-order valence-electron chi connectivity index (χ2n) is 5.66. The van der Waals surface area contributed by atoms with Crippen molar-refractivity contribution < 1.29 is 14.6 Å². The molecule has 0 aliphatic rings. The minimum Gasteiger partial charge on any atom is -0.507 e. The average Bonchev–Trinajstić information content (AvgIpc) is 3.10. The van der Waals surface area contributed by atoms with Gasteiger partial charge in [0.05, 0.1) is 36.1 Å². The molecule has 0 spiro atoms. The molecule has 0 fully saturated rings. The van der Waals surface area contributed by atoms with Gasteiger partial charge in [-0.3, -0.25) is 0 Å². The lowest BCUT2D eigenvalue weighted by Gasteiger charge is -2.11. The maximum atomic E-state index is 11.8. The standard InChI is InChI=1S/C19H19N3O3/c1-12-4-6-14(18(23)8-12)16-10-22(11-21-16)17-9-13(19(24)25-3)5-7-15(17)20-2/h4-11,20,23H,1-3H3. The summed E-state index contributed by atoms with van der Waals surface area (Å²) in [5.74, 6) is -0.220. The number of methoxy groups -OCH3 is 1. The van der Waals surface area contributed by atoms with Gasteiger partial charge in [-0.15, -0.1) is 0 Å². The van der Waals surface area contributed by atoms with Crippen LogP contribution in [0.25, 0.3) is 16.9 Å². The Morgan fingerprint density at radius 2 is 2.04 bits per heavy atom. The molecule has 1 aromatic heterocycles. The number of ether oxygens (including phenoxy) is 1. The molecule has 2 N–H and O–H groups in total. The Bertz CT molecular complexity index is 931. The fraction of sp³-hybridized carbons (Fsp3) is 0.158. The Balaban J connectivity index is 2.06. The summed E-state index contributed by atoms with van der Waals surface area (Å²) in [6.45, 7) is 1.92. The number of carbonyl (C=O) groups excluding carboxylic acids is 1. The minimum atomic E-state index is -0.402. The van der Waals surface area contributed by atoms with Crippen molar-refractivity contribution in [3.63, 3.8) is 0 Å². The number of phenols is 1. The third-order valence-corrected chi connectivity index (χ3v) is 3.98. The highest BCUT2D eigenvalue weighted by molar-refractivity contribution is 5.91. The van der Waals surface area contributed by atoms with Gasteiger partial charge in [0, 0.05) is 18.8 Å². The molecule has 0 aliphatic heterocycles. The van der Waals surface area contributed by atoms with Crippen LogP contribution in [0.15, 0.2) is 48.9 Å². The van der Waals surface area contributed by atoms with E-state index < -0.39 is 5.97 Å². The molecule has 3 aromatic rings. The number of phenolic OH excluding ortho intramolecular Hbond substituents is 1. The molecular formula is C19H19N3O3. The van der Waals surface area contributed by atoms with Crippen LogP contribution in [-0.2, 0) is 4.74 Å². The van der Waals surface area contributed by atoms with Crippen LogP contribution in [0, 0.1) is 6.92 Å². The number of hydrogen-bond donors (Lipinski definition) is 2. The lowest BCUT2D eigenvalue weighted by molar-refractivity contribution is 0.0600. The minimum absolute atomic E-state index is 0.183. The van der Waals surface area contributed by atoms with Crippen molar-refractivity contribution in [1.82, 2.24) is 9.55 Å². The summed E-state index contributed by atoms with van der Waals surface area (Å²) in [6.07, 6.45) is 3.45. The molecule has 1 heterocycles. The lowest BCUT2D eigenvalue weighted by Crippen LogP contribution is -2.05. The number of aryl methyl sites for hydroxylation is 1. The second-order valence-corrected chi connectivity index (χ2v) is 5.66. The van der Waals surface area contributed by atoms with E-state index in [1.54, 1.807) is 36.1 Å². The van der Waals surface area contributed by atoms with E-state index in [0.29, 0.717) is 16.8 Å². The number of aromatic hydroxyl groups is 1. The van der Waals surface area contributed by atoms with Crippen molar-refractivity contribution in [3.8, 4) is 22.7 Å². The zero-order valence-corrected chi connectivity index (χ0v) is 14.3. The predicted octanol–water partition coefficient (Wildman–Crippen LogP) is 3.38. The molecule has 0 radical (unpaired) electrons. The van der Waals surface area contributed by atoms with Crippen molar-refractivity contribution in [2.45, 2.75) is 6.92 Å². The van der Waals surface area contributed by atoms with Gasteiger partial charge in [0.1, 0.15) is 5.75 Å². The number of benzene rings is 2. The summed E-state index contributed by atoms with van der Waals surface area (Å²) in [5.41, 5.74) is 4.32. The zero-order valence-electron chi connectivity index (χ0n) is 14.3. The monoisotopic (exact) mass is 337 g/mol. The van der Waals surface area contributed by atoms with Crippen molar-refractivity contribution in [2.75, 3.05) is 19.5 Å². The molecule has 128 valence electrons. The molecule has 6 heteroatoms. The van der Waals surface area contributed by atoms with Gasteiger partial charge in [0.15, 0.2) is 0 Å². The van der Waals surface area contributed by atoms with Gasteiger partial charge in [0.25, 0.3) is 0 Å².